The van der Waals surface area contributed by atoms with Crippen molar-refractivity contribution in [2.75, 3.05) is 13.2 Å². The summed E-state index contributed by atoms with van der Waals surface area (Å²) in [7, 11) is 0. The molecule has 0 radical (unpaired) electrons. The van der Waals surface area contributed by atoms with Crippen LogP contribution in [0.3, 0.4) is 0 Å². The molecule has 0 bridgehead atoms. The fourth-order valence-corrected chi connectivity index (χ4v) is 2.68. The Hall–Kier alpha value is -1.58. The first-order chi connectivity index (χ1) is 9.31. The lowest BCUT2D eigenvalue weighted by molar-refractivity contribution is 0.397. The molecule has 2 fully saturated rings. The van der Waals surface area contributed by atoms with Crippen LogP contribution in [0.15, 0.2) is 30.3 Å². The normalized spacial score (nSPS) is 24.6. The summed E-state index contributed by atoms with van der Waals surface area (Å²) in [5.41, 5.74) is 2.24. The van der Waals surface area contributed by atoms with Crippen molar-refractivity contribution in [3.63, 3.8) is 0 Å². The number of phenols is 1. The van der Waals surface area contributed by atoms with E-state index in [0.29, 0.717) is 11.9 Å². The van der Waals surface area contributed by atoms with E-state index in [9.17, 15) is 5.11 Å². The second-order valence-corrected chi connectivity index (χ2v) is 5.40. The molecule has 0 aliphatic carbocycles. The number of fused-ring (bicyclic) bond motifs is 1. The number of rotatable bonds is 4. The lowest BCUT2D eigenvalue weighted by atomic mass is 9.94. The second-order valence-electron chi connectivity index (χ2n) is 5.40. The Morgan fingerprint density at radius 1 is 1.05 bits per heavy atom. The van der Waals surface area contributed by atoms with Crippen LogP contribution in [-0.4, -0.2) is 30.5 Å². The molecule has 1 N–H and O–H groups in total. The lowest BCUT2D eigenvalue weighted by Gasteiger charge is -2.13. The van der Waals surface area contributed by atoms with Gasteiger partial charge in [-0.25, -0.2) is 0 Å². The van der Waals surface area contributed by atoms with Crippen LogP contribution in [0.4, 0.5) is 0 Å². The Morgan fingerprint density at radius 2 is 1.74 bits per heavy atom. The minimum Gasteiger partial charge on any atom is -0.507 e. The molecule has 2 saturated heterocycles. The molecular weight excluding hydrogens is 240 g/mol. The molecule has 2 aliphatic heterocycles. The van der Waals surface area contributed by atoms with Crippen LogP contribution in [0.1, 0.15) is 11.1 Å². The van der Waals surface area contributed by atoms with Gasteiger partial charge in [0, 0.05) is 23.8 Å². The maximum Gasteiger partial charge on any atom is 0.126 e. The lowest BCUT2D eigenvalue weighted by Crippen LogP contribution is -2.03. The standard InChI is InChI=1S/C16H16O3/c17-16-14-4-2-1-3-10(14)5-11(6-12-8-18-12)15(16)7-13-9-19-13/h1-5,12-13,17H,6-9H2. The van der Waals surface area contributed by atoms with Crippen molar-refractivity contribution in [3.05, 3.63) is 41.5 Å². The summed E-state index contributed by atoms with van der Waals surface area (Å²) >= 11 is 0. The molecule has 0 saturated carbocycles. The van der Waals surface area contributed by atoms with Gasteiger partial charge in [-0.2, -0.15) is 0 Å². The Morgan fingerprint density at radius 3 is 2.47 bits per heavy atom. The van der Waals surface area contributed by atoms with Crippen molar-refractivity contribution in [1.82, 2.24) is 0 Å². The molecular formula is C16H16O3. The minimum atomic E-state index is 0.283. The van der Waals surface area contributed by atoms with Crippen LogP contribution in [0, 0.1) is 0 Å². The van der Waals surface area contributed by atoms with Gasteiger partial charge in [0.05, 0.1) is 25.4 Å². The van der Waals surface area contributed by atoms with E-state index in [1.54, 1.807) is 0 Å². The number of hydrogen-bond donors (Lipinski definition) is 1. The van der Waals surface area contributed by atoms with Gasteiger partial charge < -0.3 is 14.6 Å². The summed E-state index contributed by atoms with van der Waals surface area (Å²) < 4.78 is 10.6. The highest BCUT2D eigenvalue weighted by Crippen LogP contribution is 2.36. The average molecular weight is 256 g/mol. The van der Waals surface area contributed by atoms with Crippen molar-refractivity contribution in [2.24, 2.45) is 0 Å². The van der Waals surface area contributed by atoms with Crippen LogP contribution in [0.5, 0.6) is 5.75 Å². The smallest absolute Gasteiger partial charge is 0.126 e. The fourth-order valence-electron chi connectivity index (χ4n) is 2.68. The number of aromatic hydroxyl groups is 1. The van der Waals surface area contributed by atoms with Gasteiger partial charge >= 0.3 is 0 Å². The van der Waals surface area contributed by atoms with Crippen molar-refractivity contribution in [2.45, 2.75) is 25.0 Å². The fraction of sp³-hybridized carbons (Fsp3) is 0.375. The van der Waals surface area contributed by atoms with E-state index in [2.05, 4.69) is 6.07 Å². The van der Waals surface area contributed by atoms with E-state index in [1.807, 2.05) is 24.3 Å². The molecule has 2 unspecified atom stereocenters. The summed E-state index contributed by atoms with van der Waals surface area (Å²) in [5.74, 6) is 0.421. The van der Waals surface area contributed by atoms with E-state index >= 15 is 0 Å². The molecule has 0 amide bonds. The van der Waals surface area contributed by atoms with E-state index in [0.717, 1.165) is 42.4 Å². The zero-order valence-electron chi connectivity index (χ0n) is 10.6. The number of benzene rings is 2. The van der Waals surface area contributed by atoms with Gasteiger partial charge in [0.15, 0.2) is 0 Å². The third-order valence-corrected chi connectivity index (χ3v) is 3.90. The molecule has 2 aliphatic rings. The van der Waals surface area contributed by atoms with Crippen molar-refractivity contribution < 1.29 is 14.6 Å². The van der Waals surface area contributed by atoms with Gasteiger partial charge in [-0.1, -0.05) is 30.3 Å². The van der Waals surface area contributed by atoms with E-state index in [1.165, 1.54) is 5.56 Å². The van der Waals surface area contributed by atoms with Crippen LogP contribution < -0.4 is 0 Å². The predicted molar refractivity (Wildman–Crippen MR) is 72.5 cm³/mol. The van der Waals surface area contributed by atoms with Crippen LogP contribution in [-0.2, 0) is 22.3 Å². The minimum absolute atomic E-state index is 0.283. The Labute approximate surface area is 111 Å². The largest absolute Gasteiger partial charge is 0.507 e. The highest BCUT2D eigenvalue weighted by molar-refractivity contribution is 5.90. The first-order valence-electron chi connectivity index (χ1n) is 6.77. The molecule has 98 valence electrons. The number of epoxide rings is 2. The number of hydrogen-bond acceptors (Lipinski definition) is 3. The van der Waals surface area contributed by atoms with E-state index in [-0.39, 0.29) is 6.10 Å². The molecule has 0 spiro atoms. The topological polar surface area (TPSA) is 45.3 Å². The van der Waals surface area contributed by atoms with E-state index in [4.69, 9.17) is 9.47 Å². The quantitative estimate of drug-likeness (QED) is 0.854. The monoisotopic (exact) mass is 256 g/mol. The van der Waals surface area contributed by atoms with Gasteiger partial charge in [0.1, 0.15) is 5.75 Å². The molecule has 4 rings (SSSR count). The number of phenolic OH excluding ortho intramolecular Hbond substituents is 1. The summed E-state index contributed by atoms with van der Waals surface area (Å²) in [6.45, 7) is 1.65. The third-order valence-electron chi connectivity index (χ3n) is 3.90. The molecule has 2 aromatic rings. The van der Waals surface area contributed by atoms with Gasteiger partial charge in [-0.05, 0) is 10.9 Å². The molecule has 2 heterocycles. The van der Waals surface area contributed by atoms with Crippen LogP contribution >= 0.6 is 0 Å². The maximum atomic E-state index is 10.5. The number of ether oxygens (including phenoxy) is 2. The Bertz CT molecular complexity index is 627. The van der Waals surface area contributed by atoms with Crippen molar-refractivity contribution in [1.29, 1.82) is 0 Å². The SMILES string of the molecule is Oc1c(CC2CO2)c(CC2CO2)cc2ccccc12. The zero-order chi connectivity index (χ0) is 12.8. The Kier molecular flexibility index (Phi) is 2.50. The molecule has 3 heteroatoms. The van der Waals surface area contributed by atoms with Crippen molar-refractivity contribution in [3.8, 4) is 5.75 Å². The molecule has 19 heavy (non-hydrogen) atoms. The highest BCUT2D eigenvalue weighted by Gasteiger charge is 2.29. The van der Waals surface area contributed by atoms with Crippen molar-refractivity contribution >= 4 is 10.8 Å². The second kappa shape index (κ2) is 4.22. The first kappa shape index (κ1) is 11.3. The van der Waals surface area contributed by atoms with Gasteiger partial charge in [-0.3, -0.25) is 0 Å². The van der Waals surface area contributed by atoms with E-state index < -0.39 is 0 Å². The third kappa shape index (κ3) is 2.20. The molecule has 0 aromatic heterocycles. The summed E-state index contributed by atoms with van der Waals surface area (Å²) in [6, 6.07) is 10.2. The molecule has 3 nitrogen and oxygen atoms in total. The maximum absolute atomic E-state index is 10.5. The molecule has 2 atom stereocenters. The average Bonchev–Trinajstić information content (AvgIpc) is 3.29. The molecule has 2 aromatic carbocycles. The van der Waals surface area contributed by atoms with Crippen LogP contribution in [0.2, 0.25) is 0 Å². The van der Waals surface area contributed by atoms with Crippen LogP contribution in [0.25, 0.3) is 10.8 Å². The predicted octanol–water partition coefficient (Wildman–Crippen LogP) is 2.43. The Balaban J connectivity index is 1.84. The van der Waals surface area contributed by atoms with Gasteiger partial charge in [0.25, 0.3) is 0 Å². The highest BCUT2D eigenvalue weighted by atomic mass is 16.6. The first-order valence-corrected chi connectivity index (χ1v) is 6.77. The van der Waals surface area contributed by atoms with Gasteiger partial charge in [-0.15, -0.1) is 0 Å². The van der Waals surface area contributed by atoms with Gasteiger partial charge in [0.2, 0.25) is 0 Å². The summed E-state index contributed by atoms with van der Waals surface area (Å²) in [6.07, 6.45) is 2.31. The zero-order valence-corrected chi connectivity index (χ0v) is 10.6. The summed E-state index contributed by atoms with van der Waals surface area (Å²) in [4.78, 5) is 0. The summed E-state index contributed by atoms with van der Waals surface area (Å²) in [5, 5.41) is 12.6.